The second kappa shape index (κ2) is 9.13. The summed E-state index contributed by atoms with van der Waals surface area (Å²) >= 11 is 0. The largest absolute Gasteiger partial charge is 0.489 e. The molecule has 1 heterocycles. The van der Waals surface area contributed by atoms with Crippen LogP contribution in [0.3, 0.4) is 0 Å². The summed E-state index contributed by atoms with van der Waals surface area (Å²) in [6, 6.07) is 18.4. The number of aryl methyl sites for hydroxylation is 1. The van der Waals surface area contributed by atoms with Crippen molar-refractivity contribution >= 4 is 11.0 Å². The van der Waals surface area contributed by atoms with Gasteiger partial charge in [-0.15, -0.1) is 0 Å². The van der Waals surface area contributed by atoms with E-state index in [4.69, 9.17) is 13.9 Å². The molecule has 0 saturated carbocycles. The van der Waals surface area contributed by atoms with E-state index in [0.29, 0.717) is 0 Å². The molecule has 0 aliphatic rings. The lowest BCUT2D eigenvalue weighted by Crippen LogP contribution is -2.15. The van der Waals surface area contributed by atoms with Crippen molar-refractivity contribution < 1.29 is 27.1 Å². The molecule has 35 heavy (non-hydrogen) atoms. The number of rotatable bonds is 5. The Hall–Kier alpha value is -3.74. The van der Waals surface area contributed by atoms with Gasteiger partial charge in [0.15, 0.2) is 0 Å². The van der Waals surface area contributed by atoms with Crippen LogP contribution in [0.1, 0.15) is 43.2 Å². The molecule has 0 spiro atoms. The molecule has 0 N–H and O–H groups in total. The summed E-state index contributed by atoms with van der Waals surface area (Å²) in [5.74, 6) is -2.01. The van der Waals surface area contributed by atoms with E-state index in [1.807, 2.05) is 52.0 Å². The highest BCUT2D eigenvalue weighted by molar-refractivity contribution is 5.79. The van der Waals surface area contributed by atoms with Gasteiger partial charge in [-0.2, -0.15) is 13.2 Å². The highest BCUT2D eigenvalue weighted by atomic mass is 19.4. The number of benzene rings is 3. The summed E-state index contributed by atoms with van der Waals surface area (Å²) < 4.78 is 57.8. The molecule has 4 rings (SSSR count). The number of halogens is 3. The van der Waals surface area contributed by atoms with Crippen molar-refractivity contribution in [2.24, 2.45) is 0 Å². The standard InChI is InChI=1S/C28H25F3O4/c1-17-6-5-7-18(14-17)16-33-21-12-13-22-23(15-21)35-26(28(29,30)31)25(24(22)32)34-20-10-8-19(9-11-20)27(2,3)4/h5-15H,16H2,1-4H3. The van der Waals surface area contributed by atoms with E-state index in [9.17, 15) is 18.0 Å². The highest BCUT2D eigenvalue weighted by Crippen LogP contribution is 2.39. The topological polar surface area (TPSA) is 48.7 Å². The number of hydrogen-bond donors (Lipinski definition) is 0. The molecular weight excluding hydrogens is 457 g/mol. The maximum Gasteiger partial charge on any atom is 0.453 e. The van der Waals surface area contributed by atoms with Gasteiger partial charge >= 0.3 is 6.18 Å². The van der Waals surface area contributed by atoms with Crippen LogP contribution in [0.4, 0.5) is 13.2 Å². The first kappa shape index (κ1) is 24.4. The molecule has 1 aromatic heterocycles. The van der Waals surface area contributed by atoms with Crippen molar-refractivity contribution in [1.29, 1.82) is 0 Å². The Morgan fingerprint density at radius 3 is 2.20 bits per heavy atom. The van der Waals surface area contributed by atoms with Gasteiger partial charge in [0, 0.05) is 6.07 Å². The van der Waals surface area contributed by atoms with E-state index in [2.05, 4.69) is 0 Å². The molecule has 0 saturated heterocycles. The SMILES string of the molecule is Cc1cccc(COc2ccc3c(=O)c(Oc4ccc(C(C)(C)C)cc4)c(C(F)(F)F)oc3c2)c1. The molecule has 182 valence electrons. The lowest BCUT2D eigenvalue weighted by Gasteiger charge is -2.19. The Labute approximate surface area is 200 Å². The summed E-state index contributed by atoms with van der Waals surface area (Å²) in [4.78, 5) is 13.0. The zero-order valence-electron chi connectivity index (χ0n) is 19.8. The third-order valence-electron chi connectivity index (χ3n) is 5.51. The molecule has 0 amide bonds. The van der Waals surface area contributed by atoms with Crippen LogP contribution >= 0.6 is 0 Å². The first-order valence-electron chi connectivity index (χ1n) is 11.1. The lowest BCUT2D eigenvalue weighted by molar-refractivity contribution is -0.154. The Morgan fingerprint density at radius 2 is 1.57 bits per heavy atom. The van der Waals surface area contributed by atoms with Crippen molar-refractivity contribution in [1.82, 2.24) is 0 Å². The van der Waals surface area contributed by atoms with E-state index >= 15 is 0 Å². The van der Waals surface area contributed by atoms with Crippen molar-refractivity contribution in [3.8, 4) is 17.2 Å². The molecule has 0 atom stereocenters. The smallest absolute Gasteiger partial charge is 0.453 e. The second-order valence-corrected chi connectivity index (χ2v) is 9.40. The third kappa shape index (κ3) is 5.50. The highest BCUT2D eigenvalue weighted by Gasteiger charge is 2.40. The zero-order valence-corrected chi connectivity index (χ0v) is 19.8. The van der Waals surface area contributed by atoms with Crippen LogP contribution in [-0.2, 0) is 18.2 Å². The quantitative estimate of drug-likeness (QED) is 0.291. The Kier molecular flexibility index (Phi) is 6.36. The summed E-state index contributed by atoms with van der Waals surface area (Å²) in [5.41, 5.74) is 1.65. The van der Waals surface area contributed by atoms with Crippen LogP contribution in [0.25, 0.3) is 11.0 Å². The Bertz CT molecular complexity index is 1410. The fourth-order valence-electron chi connectivity index (χ4n) is 3.63. The number of alkyl halides is 3. The Balaban J connectivity index is 1.69. The molecule has 0 unspecified atom stereocenters. The first-order chi connectivity index (χ1) is 16.4. The molecule has 0 bridgehead atoms. The monoisotopic (exact) mass is 482 g/mol. The molecule has 3 aromatic carbocycles. The summed E-state index contributed by atoms with van der Waals surface area (Å²) in [6.07, 6.45) is -4.94. The van der Waals surface area contributed by atoms with Crippen LogP contribution in [0.2, 0.25) is 0 Å². The average Bonchev–Trinajstić information content (AvgIpc) is 2.78. The van der Waals surface area contributed by atoms with Gasteiger partial charge in [-0.3, -0.25) is 4.79 Å². The van der Waals surface area contributed by atoms with Crippen molar-refractivity contribution in [3.63, 3.8) is 0 Å². The third-order valence-corrected chi connectivity index (χ3v) is 5.51. The summed E-state index contributed by atoms with van der Waals surface area (Å²) in [5, 5.41) is -0.0396. The minimum absolute atomic E-state index is 0.0396. The van der Waals surface area contributed by atoms with Gasteiger partial charge in [0.1, 0.15) is 23.7 Å². The fraction of sp³-hybridized carbons (Fsp3) is 0.250. The van der Waals surface area contributed by atoms with Crippen LogP contribution < -0.4 is 14.9 Å². The van der Waals surface area contributed by atoms with E-state index < -0.39 is 23.1 Å². The fourth-order valence-corrected chi connectivity index (χ4v) is 3.63. The Morgan fingerprint density at radius 1 is 0.886 bits per heavy atom. The minimum atomic E-state index is -4.94. The van der Waals surface area contributed by atoms with Crippen LogP contribution in [0, 0.1) is 6.92 Å². The van der Waals surface area contributed by atoms with Gasteiger partial charge in [0.2, 0.25) is 11.2 Å². The molecular formula is C28H25F3O4. The zero-order chi connectivity index (χ0) is 25.4. The minimum Gasteiger partial charge on any atom is -0.489 e. The van der Waals surface area contributed by atoms with Crippen molar-refractivity contribution in [2.45, 2.75) is 45.9 Å². The molecule has 0 aliphatic carbocycles. The van der Waals surface area contributed by atoms with Gasteiger partial charge in [0.05, 0.1) is 5.39 Å². The maximum absolute atomic E-state index is 13.8. The maximum atomic E-state index is 13.8. The van der Waals surface area contributed by atoms with Crippen molar-refractivity contribution in [2.75, 3.05) is 0 Å². The molecule has 0 radical (unpaired) electrons. The second-order valence-electron chi connectivity index (χ2n) is 9.40. The molecule has 0 fully saturated rings. The van der Waals surface area contributed by atoms with Gasteiger partial charge in [-0.25, -0.2) is 0 Å². The van der Waals surface area contributed by atoms with Crippen molar-refractivity contribution in [3.05, 3.63) is 99.4 Å². The number of ether oxygens (including phenoxy) is 2. The van der Waals surface area contributed by atoms with Gasteiger partial charge in [-0.1, -0.05) is 62.7 Å². The van der Waals surface area contributed by atoms with E-state index in [0.717, 1.165) is 16.7 Å². The first-order valence-corrected chi connectivity index (χ1v) is 11.1. The molecule has 7 heteroatoms. The lowest BCUT2D eigenvalue weighted by atomic mass is 9.87. The van der Waals surface area contributed by atoms with E-state index in [1.165, 1.54) is 30.3 Å². The normalized spacial score (nSPS) is 12.1. The van der Waals surface area contributed by atoms with Crippen LogP contribution in [0.5, 0.6) is 17.2 Å². The average molecular weight is 482 g/mol. The van der Waals surface area contributed by atoms with E-state index in [1.54, 1.807) is 12.1 Å². The predicted molar refractivity (Wildman–Crippen MR) is 128 cm³/mol. The molecule has 4 nitrogen and oxygen atoms in total. The predicted octanol–water partition coefficient (Wildman–Crippen LogP) is 7.79. The molecule has 0 aliphatic heterocycles. The number of fused-ring (bicyclic) bond motifs is 1. The summed E-state index contributed by atoms with van der Waals surface area (Å²) in [6.45, 7) is 8.21. The van der Waals surface area contributed by atoms with Gasteiger partial charge < -0.3 is 13.9 Å². The summed E-state index contributed by atoms with van der Waals surface area (Å²) in [7, 11) is 0. The van der Waals surface area contributed by atoms with Crippen LogP contribution in [0.15, 0.2) is 75.9 Å². The van der Waals surface area contributed by atoms with E-state index in [-0.39, 0.29) is 34.5 Å². The van der Waals surface area contributed by atoms with Crippen LogP contribution in [-0.4, -0.2) is 0 Å². The van der Waals surface area contributed by atoms with Gasteiger partial charge in [-0.05, 0) is 47.7 Å². The molecule has 4 aromatic rings. The number of hydrogen-bond acceptors (Lipinski definition) is 4. The van der Waals surface area contributed by atoms with Gasteiger partial charge in [0.25, 0.3) is 5.76 Å².